The molecule has 0 fully saturated rings. The first kappa shape index (κ1) is 26.1. The highest BCUT2D eigenvalue weighted by molar-refractivity contribution is 14.0. The maximum atomic E-state index is 12.8. The Hall–Kier alpha value is -1.85. The van der Waals surface area contributed by atoms with Crippen molar-refractivity contribution in [1.29, 1.82) is 0 Å². The summed E-state index contributed by atoms with van der Waals surface area (Å²) < 4.78 is 35.6. The van der Waals surface area contributed by atoms with Gasteiger partial charge in [0.2, 0.25) is 5.91 Å². The summed E-state index contributed by atoms with van der Waals surface area (Å²) in [5, 5.41) is 6.10. The Bertz CT molecular complexity index is 631. The number of guanidine groups is 1. The van der Waals surface area contributed by atoms with Crippen LogP contribution < -0.4 is 20.1 Å². The Morgan fingerprint density at radius 2 is 1.96 bits per heavy atom. The maximum Gasteiger partial charge on any atom is 0.387 e. The second-order valence-corrected chi connectivity index (χ2v) is 5.72. The summed E-state index contributed by atoms with van der Waals surface area (Å²) in [7, 11) is 3.38. The van der Waals surface area contributed by atoms with Crippen LogP contribution in [0.15, 0.2) is 23.2 Å². The molecule has 160 valence electrons. The van der Waals surface area contributed by atoms with Gasteiger partial charge in [0.05, 0.1) is 13.2 Å². The molecule has 0 aromatic heterocycles. The van der Waals surface area contributed by atoms with Crippen LogP contribution in [0.4, 0.5) is 8.78 Å². The van der Waals surface area contributed by atoms with Crippen LogP contribution in [0.5, 0.6) is 11.5 Å². The molecule has 0 saturated heterocycles. The molecule has 0 aliphatic rings. The summed E-state index contributed by atoms with van der Waals surface area (Å²) in [5.74, 6) is 0.709. The van der Waals surface area contributed by atoms with Gasteiger partial charge in [0, 0.05) is 39.2 Å². The third-order valence-corrected chi connectivity index (χ3v) is 3.45. The van der Waals surface area contributed by atoms with Crippen molar-refractivity contribution in [3.63, 3.8) is 0 Å². The molecule has 0 bridgehead atoms. The quantitative estimate of drug-likeness (QED) is 0.286. The molecule has 0 radical (unpaired) electrons. The number of ether oxygens (including phenoxy) is 2. The number of nitrogens with zero attached hydrogens (tertiary/aromatic N) is 2. The predicted molar refractivity (Wildman–Crippen MR) is 116 cm³/mol. The van der Waals surface area contributed by atoms with E-state index < -0.39 is 6.61 Å². The maximum absolute atomic E-state index is 12.8. The van der Waals surface area contributed by atoms with Crippen molar-refractivity contribution < 1.29 is 23.0 Å². The number of hydrogen-bond acceptors (Lipinski definition) is 4. The van der Waals surface area contributed by atoms with E-state index >= 15 is 0 Å². The van der Waals surface area contributed by atoms with E-state index in [1.165, 1.54) is 4.90 Å². The second-order valence-electron chi connectivity index (χ2n) is 5.72. The van der Waals surface area contributed by atoms with Gasteiger partial charge in [0.25, 0.3) is 0 Å². The van der Waals surface area contributed by atoms with Gasteiger partial charge < -0.3 is 25.0 Å². The van der Waals surface area contributed by atoms with E-state index in [4.69, 9.17) is 4.74 Å². The summed E-state index contributed by atoms with van der Waals surface area (Å²) in [6.45, 7) is 2.17. The Morgan fingerprint density at radius 3 is 2.54 bits per heavy atom. The monoisotopic (exact) mass is 514 g/mol. The number of halogens is 3. The van der Waals surface area contributed by atoms with Gasteiger partial charge in [0.15, 0.2) is 17.5 Å². The summed E-state index contributed by atoms with van der Waals surface area (Å²) in [4.78, 5) is 17.5. The van der Waals surface area contributed by atoms with Gasteiger partial charge >= 0.3 is 6.61 Å². The minimum Gasteiger partial charge on any atom is -0.490 e. The normalized spacial score (nSPS) is 10.9. The molecular formula is C18H29F2IN4O3. The number of para-hydroxylation sites is 1. The zero-order valence-corrected chi connectivity index (χ0v) is 19.0. The number of amides is 1. The molecule has 0 spiro atoms. The Kier molecular flexibility index (Phi) is 13.3. The van der Waals surface area contributed by atoms with Gasteiger partial charge in [-0.2, -0.15) is 8.78 Å². The molecule has 0 saturated carbocycles. The number of aliphatic imine (C=N–C) groups is 1. The van der Waals surface area contributed by atoms with Gasteiger partial charge in [-0.05, 0) is 19.9 Å². The molecule has 0 heterocycles. The van der Waals surface area contributed by atoms with E-state index in [0.717, 1.165) is 0 Å². The minimum atomic E-state index is -2.96. The lowest BCUT2D eigenvalue weighted by molar-refractivity contribution is -0.128. The van der Waals surface area contributed by atoms with Crippen LogP contribution in [-0.2, 0) is 11.3 Å². The molecule has 10 heteroatoms. The lowest BCUT2D eigenvalue weighted by Crippen LogP contribution is -2.39. The highest BCUT2D eigenvalue weighted by Crippen LogP contribution is 2.33. The third-order valence-electron chi connectivity index (χ3n) is 3.45. The van der Waals surface area contributed by atoms with E-state index in [0.29, 0.717) is 37.6 Å². The Labute approximate surface area is 181 Å². The van der Waals surface area contributed by atoms with Crippen molar-refractivity contribution in [3.05, 3.63) is 23.8 Å². The fourth-order valence-electron chi connectivity index (χ4n) is 2.20. The average Bonchev–Trinajstić information content (AvgIpc) is 2.61. The number of benzene rings is 1. The largest absolute Gasteiger partial charge is 0.490 e. The lowest BCUT2D eigenvalue weighted by atomic mass is 10.2. The zero-order chi connectivity index (χ0) is 20.2. The summed E-state index contributed by atoms with van der Waals surface area (Å²) in [6.07, 6.45) is 0.316. The van der Waals surface area contributed by atoms with Crippen molar-refractivity contribution in [2.24, 2.45) is 4.99 Å². The van der Waals surface area contributed by atoms with Gasteiger partial charge in [-0.1, -0.05) is 12.1 Å². The van der Waals surface area contributed by atoms with Crippen molar-refractivity contribution in [2.45, 2.75) is 33.4 Å². The summed E-state index contributed by atoms with van der Waals surface area (Å²) in [6, 6.07) is 4.93. The molecule has 7 nitrogen and oxygen atoms in total. The molecule has 0 aliphatic heterocycles. The highest BCUT2D eigenvalue weighted by Gasteiger charge is 2.15. The summed E-state index contributed by atoms with van der Waals surface area (Å²) in [5.41, 5.74) is 0.475. The van der Waals surface area contributed by atoms with Crippen molar-refractivity contribution >= 4 is 35.8 Å². The molecule has 1 aromatic carbocycles. The fourth-order valence-corrected chi connectivity index (χ4v) is 2.20. The number of carbonyl (C=O) groups is 1. The molecule has 1 amide bonds. The second kappa shape index (κ2) is 14.2. The van der Waals surface area contributed by atoms with Crippen molar-refractivity contribution in [1.82, 2.24) is 15.5 Å². The van der Waals surface area contributed by atoms with Crippen LogP contribution in [0.25, 0.3) is 0 Å². The first-order valence-electron chi connectivity index (χ1n) is 8.80. The van der Waals surface area contributed by atoms with E-state index in [1.807, 2.05) is 6.92 Å². The summed E-state index contributed by atoms with van der Waals surface area (Å²) >= 11 is 0. The first-order valence-corrected chi connectivity index (χ1v) is 8.80. The van der Waals surface area contributed by atoms with Crippen LogP contribution in [-0.4, -0.2) is 57.2 Å². The molecule has 0 unspecified atom stereocenters. The minimum absolute atomic E-state index is 0. The van der Waals surface area contributed by atoms with Crippen LogP contribution in [0.1, 0.15) is 25.8 Å². The number of hydrogen-bond donors (Lipinski definition) is 2. The first-order chi connectivity index (χ1) is 12.9. The topological polar surface area (TPSA) is 75.2 Å². The SMILES string of the molecule is CCNC(=NCc1cccc(OCC)c1OC(F)F)NCCC(=O)N(C)C.I. The van der Waals surface area contributed by atoms with E-state index in [-0.39, 0.29) is 47.9 Å². The van der Waals surface area contributed by atoms with Crippen molar-refractivity contribution in [2.75, 3.05) is 33.8 Å². The molecule has 2 N–H and O–H groups in total. The van der Waals surface area contributed by atoms with E-state index in [9.17, 15) is 13.6 Å². The number of carbonyl (C=O) groups excluding carboxylic acids is 1. The van der Waals surface area contributed by atoms with Gasteiger partial charge in [0.1, 0.15) is 0 Å². The standard InChI is InChI=1S/C18H28F2N4O3.HI/c1-5-21-18(22-11-10-15(25)24(3)4)23-12-13-8-7-9-14(26-6-2)16(13)27-17(19)20;/h7-9,17H,5-6,10-12H2,1-4H3,(H2,21,22,23);1H. The molecular weight excluding hydrogens is 485 g/mol. The Balaban J connectivity index is 0.00000729. The van der Waals surface area contributed by atoms with Crippen LogP contribution in [0.3, 0.4) is 0 Å². The average molecular weight is 514 g/mol. The molecule has 0 atom stereocenters. The van der Waals surface area contributed by atoms with Crippen molar-refractivity contribution in [3.8, 4) is 11.5 Å². The predicted octanol–water partition coefficient (Wildman–Crippen LogP) is 2.84. The van der Waals surface area contributed by atoms with E-state index in [1.54, 1.807) is 39.2 Å². The lowest BCUT2D eigenvalue weighted by Gasteiger charge is -2.16. The van der Waals surface area contributed by atoms with E-state index in [2.05, 4.69) is 20.4 Å². The zero-order valence-electron chi connectivity index (χ0n) is 16.6. The molecule has 0 aliphatic carbocycles. The van der Waals surface area contributed by atoms with Gasteiger partial charge in [-0.25, -0.2) is 4.99 Å². The molecule has 1 aromatic rings. The smallest absolute Gasteiger partial charge is 0.387 e. The fraction of sp³-hybridized carbons (Fsp3) is 0.556. The number of rotatable bonds is 10. The van der Waals surface area contributed by atoms with Gasteiger partial charge in [-0.3, -0.25) is 4.79 Å². The number of nitrogens with one attached hydrogen (secondary N) is 2. The van der Waals surface area contributed by atoms with Gasteiger partial charge in [-0.15, -0.1) is 24.0 Å². The Morgan fingerprint density at radius 1 is 1.25 bits per heavy atom. The van der Waals surface area contributed by atoms with Crippen LogP contribution in [0, 0.1) is 0 Å². The number of alkyl halides is 2. The highest BCUT2D eigenvalue weighted by atomic mass is 127. The third kappa shape index (κ3) is 9.38. The van der Waals surface area contributed by atoms with Crippen LogP contribution in [0.2, 0.25) is 0 Å². The molecule has 28 heavy (non-hydrogen) atoms. The molecule has 1 rings (SSSR count). The van der Waals surface area contributed by atoms with Crippen LogP contribution >= 0.6 is 24.0 Å².